The first-order valence-electron chi connectivity index (χ1n) is 10.4. The number of rotatable bonds is 11. The van der Waals surface area contributed by atoms with Gasteiger partial charge in [0.15, 0.2) is 0 Å². The van der Waals surface area contributed by atoms with Gasteiger partial charge in [0.1, 0.15) is 5.76 Å². The molecule has 0 fully saturated rings. The molecule has 0 atom stereocenters. The molecule has 0 aliphatic rings. The summed E-state index contributed by atoms with van der Waals surface area (Å²) in [5, 5.41) is 0. The summed E-state index contributed by atoms with van der Waals surface area (Å²) in [7, 11) is 1.59. The van der Waals surface area contributed by atoms with Crippen LogP contribution in [0.5, 0.6) is 0 Å². The van der Waals surface area contributed by atoms with E-state index in [1.165, 1.54) is 0 Å². The molecule has 0 N–H and O–H groups in total. The summed E-state index contributed by atoms with van der Waals surface area (Å²) in [4.78, 5) is 29.3. The van der Waals surface area contributed by atoms with Crippen LogP contribution in [0.4, 0.5) is 0 Å². The van der Waals surface area contributed by atoms with Crippen molar-refractivity contribution < 1.29 is 18.7 Å². The zero-order chi connectivity index (χ0) is 22.0. The molecule has 0 spiro atoms. The van der Waals surface area contributed by atoms with Crippen LogP contribution in [-0.4, -0.2) is 55.0 Å². The Hall–Kier alpha value is -2.60. The van der Waals surface area contributed by atoms with Gasteiger partial charge in [-0.05, 0) is 29.5 Å². The molecular weight excluding hydrogens is 380 g/mol. The van der Waals surface area contributed by atoms with Crippen LogP contribution in [0.15, 0.2) is 53.1 Å². The van der Waals surface area contributed by atoms with Gasteiger partial charge in [0.05, 0.1) is 26.0 Å². The van der Waals surface area contributed by atoms with Gasteiger partial charge < -0.3 is 19.0 Å². The normalized spacial score (nSPS) is 11.3. The number of hydrogen-bond acceptors (Lipinski definition) is 4. The Balaban J connectivity index is 2.09. The minimum Gasteiger partial charge on any atom is -0.467 e. The van der Waals surface area contributed by atoms with E-state index >= 15 is 0 Å². The maximum Gasteiger partial charge on any atom is 0.242 e. The molecule has 1 aromatic carbocycles. The summed E-state index contributed by atoms with van der Waals surface area (Å²) in [5.74, 6) is 0.593. The molecule has 0 unspecified atom stereocenters. The van der Waals surface area contributed by atoms with E-state index in [2.05, 4.69) is 0 Å². The highest BCUT2D eigenvalue weighted by Crippen LogP contribution is 2.20. The summed E-state index contributed by atoms with van der Waals surface area (Å²) in [5.41, 5.74) is 1.02. The van der Waals surface area contributed by atoms with Gasteiger partial charge >= 0.3 is 0 Å². The fourth-order valence-corrected chi connectivity index (χ4v) is 3.11. The Labute approximate surface area is 179 Å². The first kappa shape index (κ1) is 23.7. The van der Waals surface area contributed by atoms with Gasteiger partial charge in [-0.1, -0.05) is 51.1 Å². The van der Waals surface area contributed by atoms with Crippen molar-refractivity contribution in [2.24, 2.45) is 5.41 Å². The Morgan fingerprint density at radius 2 is 1.70 bits per heavy atom. The van der Waals surface area contributed by atoms with Gasteiger partial charge in [-0.3, -0.25) is 9.59 Å². The van der Waals surface area contributed by atoms with Crippen LogP contribution in [0.3, 0.4) is 0 Å². The van der Waals surface area contributed by atoms with Crippen molar-refractivity contribution in [1.29, 1.82) is 0 Å². The molecule has 0 radical (unpaired) electrons. The Kier molecular flexibility index (Phi) is 9.12. The number of hydrogen-bond donors (Lipinski definition) is 0. The second-order valence-electron chi connectivity index (χ2n) is 8.68. The number of carbonyl (C=O) groups excluding carboxylic acids is 2. The van der Waals surface area contributed by atoms with Crippen LogP contribution in [0.1, 0.15) is 38.5 Å². The third-order valence-electron chi connectivity index (χ3n) is 4.72. The smallest absolute Gasteiger partial charge is 0.242 e. The molecule has 0 aliphatic carbocycles. The Bertz CT molecular complexity index is 766. The van der Waals surface area contributed by atoms with Crippen LogP contribution in [-0.2, 0) is 27.3 Å². The van der Waals surface area contributed by atoms with Crippen LogP contribution < -0.4 is 0 Å². The van der Waals surface area contributed by atoms with Gasteiger partial charge in [-0.2, -0.15) is 0 Å². The minimum atomic E-state index is -0.146. The summed E-state index contributed by atoms with van der Waals surface area (Å²) < 4.78 is 10.6. The number of benzene rings is 1. The zero-order valence-electron chi connectivity index (χ0n) is 18.6. The second kappa shape index (κ2) is 11.6. The molecule has 6 heteroatoms. The zero-order valence-corrected chi connectivity index (χ0v) is 18.6. The standard InChI is InChI=1S/C24H34N2O4/c1-24(2,3)17-22(27)26(14-16-29-4)19-23(28)25(18-21-11-8-15-30-21)13-12-20-9-6-5-7-10-20/h5-11,15H,12-14,16-19H2,1-4H3. The monoisotopic (exact) mass is 414 g/mol. The first-order chi connectivity index (χ1) is 14.3. The van der Waals surface area contributed by atoms with Crippen molar-refractivity contribution in [2.75, 3.05) is 33.4 Å². The lowest BCUT2D eigenvalue weighted by atomic mass is 9.91. The van der Waals surface area contributed by atoms with Crippen molar-refractivity contribution in [2.45, 2.75) is 40.2 Å². The lowest BCUT2D eigenvalue weighted by Gasteiger charge is -2.29. The number of carbonyl (C=O) groups is 2. The fourth-order valence-electron chi connectivity index (χ4n) is 3.11. The van der Waals surface area contributed by atoms with E-state index in [0.29, 0.717) is 32.7 Å². The van der Waals surface area contributed by atoms with Gasteiger partial charge in [-0.25, -0.2) is 0 Å². The average molecular weight is 415 g/mol. The topological polar surface area (TPSA) is 63.0 Å². The van der Waals surface area contributed by atoms with Gasteiger partial charge in [0, 0.05) is 26.6 Å². The van der Waals surface area contributed by atoms with E-state index < -0.39 is 0 Å². The highest BCUT2D eigenvalue weighted by atomic mass is 16.5. The van der Waals surface area contributed by atoms with E-state index in [1.807, 2.05) is 63.2 Å². The third kappa shape index (κ3) is 8.41. The number of furan rings is 1. The average Bonchev–Trinajstić information content (AvgIpc) is 3.20. The van der Waals surface area contributed by atoms with E-state index in [1.54, 1.807) is 23.2 Å². The maximum atomic E-state index is 13.2. The quantitative estimate of drug-likeness (QED) is 0.562. The molecule has 2 amide bonds. The highest BCUT2D eigenvalue weighted by molar-refractivity contribution is 5.85. The third-order valence-corrected chi connectivity index (χ3v) is 4.72. The van der Waals surface area contributed by atoms with Crippen molar-refractivity contribution in [3.63, 3.8) is 0 Å². The molecule has 164 valence electrons. The van der Waals surface area contributed by atoms with Crippen LogP contribution >= 0.6 is 0 Å². The molecule has 1 aromatic heterocycles. The molecule has 0 bridgehead atoms. The van der Waals surface area contributed by atoms with Crippen LogP contribution in [0.25, 0.3) is 0 Å². The van der Waals surface area contributed by atoms with E-state index in [-0.39, 0.29) is 23.8 Å². The molecule has 1 heterocycles. The Morgan fingerprint density at radius 3 is 2.30 bits per heavy atom. The molecular formula is C24H34N2O4. The largest absolute Gasteiger partial charge is 0.467 e. The molecule has 0 saturated carbocycles. The fraction of sp³-hybridized carbons (Fsp3) is 0.500. The predicted octanol–water partition coefficient (Wildman–Crippen LogP) is 3.76. The van der Waals surface area contributed by atoms with E-state index in [9.17, 15) is 9.59 Å². The molecule has 0 aliphatic heterocycles. The SMILES string of the molecule is COCCN(CC(=O)N(CCc1ccccc1)Cc1ccco1)C(=O)CC(C)(C)C. The summed E-state index contributed by atoms with van der Waals surface area (Å²) >= 11 is 0. The number of nitrogens with zero attached hydrogens (tertiary/aromatic N) is 2. The van der Waals surface area contributed by atoms with Gasteiger partial charge in [0.25, 0.3) is 0 Å². The number of amides is 2. The summed E-state index contributed by atoms with van der Waals surface area (Å²) in [6.45, 7) is 7.81. The first-order valence-corrected chi connectivity index (χ1v) is 10.4. The summed E-state index contributed by atoms with van der Waals surface area (Å²) in [6.07, 6.45) is 2.72. The van der Waals surface area contributed by atoms with Gasteiger partial charge in [-0.15, -0.1) is 0 Å². The summed E-state index contributed by atoms with van der Waals surface area (Å²) in [6, 6.07) is 13.7. The van der Waals surface area contributed by atoms with Crippen molar-refractivity contribution in [1.82, 2.24) is 9.80 Å². The number of methoxy groups -OCH3 is 1. The second-order valence-corrected chi connectivity index (χ2v) is 8.68. The van der Waals surface area contributed by atoms with E-state index in [4.69, 9.17) is 9.15 Å². The van der Waals surface area contributed by atoms with Crippen molar-refractivity contribution >= 4 is 11.8 Å². The molecule has 0 saturated heterocycles. The predicted molar refractivity (Wildman–Crippen MR) is 117 cm³/mol. The Morgan fingerprint density at radius 1 is 0.967 bits per heavy atom. The van der Waals surface area contributed by atoms with Crippen LogP contribution in [0, 0.1) is 5.41 Å². The lowest BCUT2D eigenvalue weighted by Crippen LogP contribution is -2.45. The molecule has 2 rings (SSSR count). The van der Waals surface area contributed by atoms with Crippen molar-refractivity contribution in [3.05, 3.63) is 60.1 Å². The molecule has 2 aromatic rings. The van der Waals surface area contributed by atoms with Crippen molar-refractivity contribution in [3.8, 4) is 0 Å². The lowest BCUT2D eigenvalue weighted by molar-refractivity contribution is -0.142. The van der Waals surface area contributed by atoms with Crippen LogP contribution in [0.2, 0.25) is 0 Å². The molecule has 6 nitrogen and oxygen atoms in total. The highest BCUT2D eigenvalue weighted by Gasteiger charge is 2.25. The maximum absolute atomic E-state index is 13.2. The van der Waals surface area contributed by atoms with Gasteiger partial charge in [0.2, 0.25) is 11.8 Å². The number of ether oxygens (including phenoxy) is 1. The minimum absolute atomic E-state index is 0.0334. The molecule has 30 heavy (non-hydrogen) atoms. The van der Waals surface area contributed by atoms with E-state index in [0.717, 1.165) is 17.7 Å².